The number of methoxy groups -OCH3 is 1. The number of nitrogens with zero attached hydrogens (tertiary/aromatic N) is 2. The number of likely N-dealkylation sites (tertiary alicyclic amines) is 1. The van der Waals surface area contributed by atoms with Gasteiger partial charge < -0.3 is 24.6 Å². The van der Waals surface area contributed by atoms with Crippen LogP contribution in [0.2, 0.25) is 0 Å². The molecule has 226 valence electrons. The second-order valence-electron chi connectivity index (χ2n) is 12.1. The molecule has 1 aliphatic heterocycles. The van der Waals surface area contributed by atoms with Crippen LogP contribution in [0.4, 0.5) is 4.79 Å². The lowest BCUT2D eigenvalue weighted by atomic mass is 10.1. The van der Waals surface area contributed by atoms with Crippen molar-refractivity contribution in [3.63, 3.8) is 0 Å². The third-order valence-electron chi connectivity index (χ3n) is 7.83. The van der Waals surface area contributed by atoms with Crippen LogP contribution < -0.4 is 14.8 Å². The first-order valence-corrected chi connectivity index (χ1v) is 14.3. The minimum absolute atomic E-state index is 0.0812. The first-order chi connectivity index (χ1) is 20.4. The van der Waals surface area contributed by atoms with Crippen molar-refractivity contribution in [3.05, 3.63) is 67.3 Å². The van der Waals surface area contributed by atoms with E-state index in [1.54, 1.807) is 34.0 Å². The molecule has 5 rings (SSSR count). The molecule has 2 heterocycles. The Morgan fingerprint density at radius 1 is 1.16 bits per heavy atom. The lowest BCUT2D eigenvalue weighted by Crippen LogP contribution is -2.50. The van der Waals surface area contributed by atoms with E-state index in [1.165, 1.54) is 4.90 Å². The van der Waals surface area contributed by atoms with Crippen molar-refractivity contribution < 1.29 is 33.7 Å². The lowest BCUT2D eigenvalue weighted by Gasteiger charge is -2.28. The number of fused-ring (bicyclic) bond motifs is 1. The molecule has 10 heteroatoms. The Kier molecular flexibility index (Phi) is 8.05. The summed E-state index contributed by atoms with van der Waals surface area (Å²) < 4.78 is 17.6. The molecule has 1 saturated carbocycles. The predicted molar refractivity (Wildman–Crippen MR) is 161 cm³/mol. The van der Waals surface area contributed by atoms with Crippen molar-refractivity contribution in [3.8, 4) is 22.8 Å². The summed E-state index contributed by atoms with van der Waals surface area (Å²) in [7, 11) is 1.59. The van der Waals surface area contributed by atoms with E-state index in [1.807, 2.05) is 54.6 Å². The summed E-state index contributed by atoms with van der Waals surface area (Å²) in [5.74, 6) is -0.384. The minimum Gasteiger partial charge on any atom is -0.497 e. The van der Waals surface area contributed by atoms with Crippen molar-refractivity contribution >= 4 is 28.9 Å². The number of amides is 2. The summed E-state index contributed by atoms with van der Waals surface area (Å²) in [6.07, 6.45) is 1.03. The van der Waals surface area contributed by atoms with Gasteiger partial charge in [-0.2, -0.15) is 0 Å². The van der Waals surface area contributed by atoms with Crippen LogP contribution in [0.5, 0.6) is 11.5 Å². The number of benzene rings is 2. The van der Waals surface area contributed by atoms with E-state index in [-0.39, 0.29) is 25.3 Å². The van der Waals surface area contributed by atoms with Gasteiger partial charge in [-0.05, 0) is 45.2 Å². The van der Waals surface area contributed by atoms with Crippen LogP contribution in [-0.4, -0.2) is 69.9 Å². The number of nitrogens with one attached hydrogen (secondary N) is 1. The normalized spacial score (nSPS) is 23.0. The van der Waals surface area contributed by atoms with Gasteiger partial charge in [-0.15, -0.1) is 6.58 Å². The zero-order valence-corrected chi connectivity index (χ0v) is 24.8. The minimum atomic E-state index is -0.940. The standard InChI is InChI=1S/C33H37N3O7/c1-6-33(18-21(33)14-29(37)38)35-30(39)27-16-23(19-36(27)31(40)43-32(2,3)4)42-28-17-25(20-10-8-7-9-11-20)34-26-15-22(41-5)12-13-24(26)28/h6-13,15,17,21,23,27H,1,14,16,18-19H2,2-5H3,(H,35,39)(H,37,38)/t21?,23-,27+,33-/m1/s1. The molecule has 10 nitrogen and oxygen atoms in total. The lowest BCUT2D eigenvalue weighted by molar-refractivity contribution is -0.137. The highest BCUT2D eigenvalue weighted by molar-refractivity contribution is 5.90. The van der Waals surface area contributed by atoms with Gasteiger partial charge in [0.15, 0.2) is 0 Å². The van der Waals surface area contributed by atoms with Crippen molar-refractivity contribution in [1.82, 2.24) is 15.2 Å². The Hall–Kier alpha value is -4.60. The number of carbonyl (C=O) groups excluding carboxylic acids is 2. The van der Waals surface area contributed by atoms with E-state index in [9.17, 15) is 19.5 Å². The van der Waals surface area contributed by atoms with E-state index in [2.05, 4.69) is 11.9 Å². The Labute approximate surface area is 250 Å². The maximum absolute atomic E-state index is 13.7. The van der Waals surface area contributed by atoms with Crippen LogP contribution in [0.1, 0.15) is 40.0 Å². The van der Waals surface area contributed by atoms with Gasteiger partial charge in [0, 0.05) is 29.5 Å². The topological polar surface area (TPSA) is 127 Å². The first kappa shape index (κ1) is 29.9. The fraction of sp³-hybridized carbons (Fsp3) is 0.394. The monoisotopic (exact) mass is 587 g/mol. The molecule has 43 heavy (non-hydrogen) atoms. The molecule has 0 spiro atoms. The Bertz CT molecular complexity index is 1550. The van der Waals surface area contributed by atoms with Gasteiger partial charge in [-0.1, -0.05) is 36.4 Å². The van der Waals surface area contributed by atoms with E-state index < -0.39 is 41.3 Å². The van der Waals surface area contributed by atoms with Crippen LogP contribution in [0.15, 0.2) is 67.3 Å². The average molecular weight is 588 g/mol. The third-order valence-corrected chi connectivity index (χ3v) is 7.83. The molecule has 1 unspecified atom stereocenters. The van der Waals surface area contributed by atoms with Crippen molar-refractivity contribution in [2.24, 2.45) is 5.92 Å². The van der Waals surface area contributed by atoms with Crippen molar-refractivity contribution in [1.29, 1.82) is 0 Å². The van der Waals surface area contributed by atoms with Crippen LogP contribution in [0.3, 0.4) is 0 Å². The smallest absolute Gasteiger partial charge is 0.411 e. The molecule has 0 radical (unpaired) electrons. The molecule has 1 aliphatic carbocycles. The summed E-state index contributed by atoms with van der Waals surface area (Å²) in [6.45, 7) is 9.24. The quantitative estimate of drug-likeness (QED) is 0.327. The Morgan fingerprint density at radius 2 is 1.91 bits per heavy atom. The van der Waals surface area contributed by atoms with Gasteiger partial charge in [-0.25, -0.2) is 9.78 Å². The number of aromatic nitrogens is 1. The number of hydrogen-bond donors (Lipinski definition) is 2. The van der Waals surface area contributed by atoms with E-state index in [0.717, 1.165) is 10.9 Å². The second kappa shape index (κ2) is 11.6. The van der Waals surface area contributed by atoms with Gasteiger partial charge in [-0.3, -0.25) is 14.5 Å². The molecular formula is C33H37N3O7. The number of ether oxygens (including phenoxy) is 3. The number of aliphatic carboxylic acids is 1. The highest BCUT2D eigenvalue weighted by Crippen LogP contribution is 2.47. The summed E-state index contributed by atoms with van der Waals surface area (Å²) in [6, 6.07) is 16.2. The number of hydrogen-bond acceptors (Lipinski definition) is 7. The average Bonchev–Trinajstić information content (AvgIpc) is 3.44. The number of rotatable bonds is 9. The molecule has 3 aromatic rings. The highest BCUT2D eigenvalue weighted by atomic mass is 16.6. The van der Waals surface area contributed by atoms with E-state index >= 15 is 0 Å². The summed E-state index contributed by atoms with van der Waals surface area (Å²) in [5, 5.41) is 13.0. The maximum Gasteiger partial charge on any atom is 0.411 e. The molecule has 0 bridgehead atoms. The number of carboxylic acids is 1. The van der Waals surface area contributed by atoms with Crippen molar-refractivity contribution in [2.75, 3.05) is 13.7 Å². The van der Waals surface area contributed by atoms with E-state index in [0.29, 0.717) is 29.1 Å². The molecule has 1 aromatic heterocycles. The van der Waals surface area contributed by atoms with E-state index in [4.69, 9.17) is 19.2 Å². The van der Waals surface area contributed by atoms with Gasteiger partial charge >= 0.3 is 12.1 Å². The van der Waals surface area contributed by atoms with Crippen LogP contribution in [0, 0.1) is 5.92 Å². The maximum atomic E-state index is 13.7. The molecule has 1 saturated heterocycles. The van der Waals surface area contributed by atoms with Crippen LogP contribution in [-0.2, 0) is 14.3 Å². The van der Waals surface area contributed by atoms with Gasteiger partial charge in [0.1, 0.15) is 29.2 Å². The zero-order chi connectivity index (χ0) is 30.9. The molecule has 2 aliphatic rings. The third kappa shape index (κ3) is 6.58. The molecule has 4 atom stereocenters. The van der Waals surface area contributed by atoms with Gasteiger partial charge in [0.2, 0.25) is 5.91 Å². The number of carbonyl (C=O) groups is 3. The largest absolute Gasteiger partial charge is 0.497 e. The van der Waals surface area contributed by atoms with Crippen LogP contribution in [0.25, 0.3) is 22.2 Å². The fourth-order valence-electron chi connectivity index (χ4n) is 5.57. The van der Waals surface area contributed by atoms with Gasteiger partial charge in [0.05, 0.1) is 36.8 Å². The second-order valence-corrected chi connectivity index (χ2v) is 12.1. The summed E-state index contributed by atoms with van der Waals surface area (Å²) >= 11 is 0. The number of carboxylic acid groups (broad SMARTS) is 1. The Balaban J connectivity index is 1.44. The Morgan fingerprint density at radius 3 is 2.56 bits per heavy atom. The molecule has 2 fully saturated rings. The zero-order valence-electron chi connectivity index (χ0n) is 24.8. The summed E-state index contributed by atoms with van der Waals surface area (Å²) in [4.78, 5) is 44.5. The SMILES string of the molecule is C=C[C@@]1(NC(=O)[C@@H]2C[C@@H](Oc3cc(-c4ccccc4)nc4cc(OC)ccc34)CN2C(=O)OC(C)(C)C)CC1CC(=O)O. The van der Waals surface area contributed by atoms with Crippen LogP contribution >= 0.6 is 0 Å². The fourth-order valence-corrected chi connectivity index (χ4v) is 5.57. The van der Waals surface area contributed by atoms with Crippen molar-refractivity contribution in [2.45, 2.75) is 63.3 Å². The molecule has 2 amide bonds. The molecule has 2 N–H and O–H groups in total. The molecule has 2 aromatic carbocycles. The number of pyridine rings is 1. The van der Waals surface area contributed by atoms with Gasteiger partial charge in [0.25, 0.3) is 0 Å². The highest BCUT2D eigenvalue weighted by Gasteiger charge is 2.55. The predicted octanol–water partition coefficient (Wildman–Crippen LogP) is 5.20. The summed E-state index contributed by atoms with van der Waals surface area (Å²) in [5.41, 5.74) is 0.704. The molecular weight excluding hydrogens is 550 g/mol. The first-order valence-electron chi connectivity index (χ1n) is 14.3.